The molecule has 1 atom stereocenters. The van der Waals surface area contributed by atoms with Crippen LogP contribution in [0.15, 0.2) is 82.8 Å². The van der Waals surface area contributed by atoms with E-state index < -0.39 is 6.04 Å². The van der Waals surface area contributed by atoms with Crippen molar-refractivity contribution < 1.29 is 19.1 Å². The molecule has 0 spiro atoms. The fraction of sp³-hybridized carbons (Fsp3) is 0.185. The van der Waals surface area contributed by atoms with Gasteiger partial charge in [-0.15, -0.1) is 0 Å². The average Bonchev–Trinajstić information content (AvgIpc) is 3.23. The Labute approximate surface area is 213 Å². The molecule has 0 bridgehead atoms. The number of carbonyl (C=O) groups is 2. The number of benzene rings is 3. The lowest BCUT2D eigenvalue weighted by atomic mass is 10.1. The standard InChI is InChI=1S/C27H24N4O4S/c1-34-22-13-12-18(15-23(22)35-2)28-24(32)16-36-27-30-20-11-7-6-10-19(20)25-29-21(26(33)31(25)27)14-17-8-4-3-5-9-17/h3-13,15,21H,14,16H2,1-2H3,(H,28,32)/t21-/m1/s1. The first-order valence-electron chi connectivity index (χ1n) is 11.4. The molecule has 2 aliphatic heterocycles. The third-order valence-electron chi connectivity index (χ3n) is 5.82. The highest BCUT2D eigenvalue weighted by atomic mass is 32.2. The summed E-state index contributed by atoms with van der Waals surface area (Å²) in [5.74, 6) is 1.35. The Hall–Kier alpha value is -4.11. The lowest BCUT2D eigenvalue weighted by molar-refractivity contribution is -0.124. The van der Waals surface area contributed by atoms with Crippen LogP contribution >= 0.6 is 11.8 Å². The first-order valence-corrected chi connectivity index (χ1v) is 12.3. The van der Waals surface area contributed by atoms with E-state index in [1.807, 2.05) is 54.6 Å². The third kappa shape index (κ3) is 4.70. The van der Waals surface area contributed by atoms with Gasteiger partial charge < -0.3 is 14.8 Å². The van der Waals surface area contributed by atoms with Gasteiger partial charge in [-0.2, -0.15) is 0 Å². The van der Waals surface area contributed by atoms with E-state index in [0.717, 1.165) is 16.8 Å². The number of hydrogen-bond donors (Lipinski definition) is 1. The molecule has 8 nitrogen and oxygen atoms in total. The number of nitrogens with zero attached hydrogens (tertiary/aromatic N) is 3. The van der Waals surface area contributed by atoms with Gasteiger partial charge in [0.2, 0.25) is 5.91 Å². The van der Waals surface area contributed by atoms with Gasteiger partial charge in [0.05, 0.1) is 25.7 Å². The number of amides is 2. The van der Waals surface area contributed by atoms with E-state index in [9.17, 15) is 9.59 Å². The van der Waals surface area contributed by atoms with E-state index in [1.165, 1.54) is 18.9 Å². The molecule has 0 aromatic heterocycles. The first-order chi connectivity index (χ1) is 17.6. The normalized spacial score (nSPS) is 16.0. The summed E-state index contributed by atoms with van der Waals surface area (Å²) in [5.41, 5.74) is 3.15. The summed E-state index contributed by atoms with van der Waals surface area (Å²) >= 11 is 1.20. The topological polar surface area (TPSA) is 92.6 Å². The number of fused-ring (bicyclic) bond motifs is 3. The van der Waals surface area contributed by atoms with E-state index in [0.29, 0.717) is 34.6 Å². The van der Waals surface area contributed by atoms with Gasteiger partial charge in [0, 0.05) is 23.7 Å². The number of thioether (sulfide) groups is 1. The second kappa shape index (κ2) is 10.2. The molecule has 0 saturated carbocycles. The molecule has 5 rings (SSSR count). The lowest BCUT2D eigenvalue weighted by Crippen LogP contribution is -2.41. The minimum Gasteiger partial charge on any atom is -0.493 e. The number of para-hydroxylation sites is 1. The number of carbonyl (C=O) groups excluding carboxylic acids is 2. The number of methoxy groups -OCH3 is 2. The van der Waals surface area contributed by atoms with Crippen molar-refractivity contribution in [3.63, 3.8) is 0 Å². The largest absolute Gasteiger partial charge is 0.493 e. The molecule has 0 unspecified atom stereocenters. The zero-order valence-electron chi connectivity index (χ0n) is 19.8. The van der Waals surface area contributed by atoms with Crippen molar-refractivity contribution in [2.45, 2.75) is 12.5 Å². The van der Waals surface area contributed by atoms with Crippen LogP contribution in [0.4, 0.5) is 11.4 Å². The number of rotatable bonds is 7. The van der Waals surface area contributed by atoms with Gasteiger partial charge in [0.15, 0.2) is 16.7 Å². The van der Waals surface area contributed by atoms with Gasteiger partial charge in [0.1, 0.15) is 11.9 Å². The van der Waals surface area contributed by atoms with Gasteiger partial charge in [-0.3, -0.25) is 14.6 Å². The maximum absolute atomic E-state index is 13.4. The molecule has 2 amide bonds. The molecule has 3 aromatic carbocycles. The Bertz CT molecular complexity index is 1370. The monoisotopic (exact) mass is 500 g/mol. The van der Waals surface area contributed by atoms with Crippen molar-refractivity contribution in [2.24, 2.45) is 9.98 Å². The summed E-state index contributed by atoms with van der Waals surface area (Å²) in [7, 11) is 3.09. The first kappa shape index (κ1) is 23.6. The third-order valence-corrected chi connectivity index (χ3v) is 6.76. The number of aliphatic imine (C=N–C) groups is 2. The van der Waals surface area contributed by atoms with Crippen molar-refractivity contribution in [1.82, 2.24) is 4.90 Å². The van der Waals surface area contributed by atoms with Crippen LogP contribution in [0.1, 0.15) is 11.1 Å². The molecule has 0 fully saturated rings. The highest BCUT2D eigenvalue weighted by Crippen LogP contribution is 2.34. The molecule has 0 radical (unpaired) electrons. The molecule has 2 aliphatic rings. The lowest BCUT2D eigenvalue weighted by Gasteiger charge is -2.25. The minimum atomic E-state index is -0.542. The molecular weight excluding hydrogens is 476 g/mol. The van der Waals surface area contributed by atoms with Crippen LogP contribution < -0.4 is 14.8 Å². The Morgan fingerprint density at radius 2 is 1.75 bits per heavy atom. The maximum Gasteiger partial charge on any atom is 0.259 e. The SMILES string of the molecule is COc1ccc(NC(=O)CSC2=Nc3ccccc3C3=N[C@H](Cc4ccccc4)C(=O)N23)cc1OC. The Morgan fingerprint density at radius 3 is 2.53 bits per heavy atom. The molecule has 36 heavy (non-hydrogen) atoms. The number of hydrogen-bond acceptors (Lipinski definition) is 7. The zero-order valence-corrected chi connectivity index (χ0v) is 20.6. The predicted octanol–water partition coefficient (Wildman–Crippen LogP) is 4.28. The second-order valence-electron chi connectivity index (χ2n) is 8.15. The van der Waals surface area contributed by atoms with E-state index in [-0.39, 0.29) is 17.6 Å². The van der Waals surface area contributed by atoms with Gasteiger partial charge >= 0.3 is 0 Å². The van der Waals surface area contributed by atoms with Crippen LogP contribution in [-0.4, -0.2) is 53.7 Å². The Morgan fingerprint density at radius 1 is 1.00 bits per heavy atom. The quantitative estimate of drug-likeness (QED) is 0.523. The number of ether oxygens (including phenoxy) is 2. The summed E-state index contributed by atoms with van der Waals surface area (Å²) in [5, 5.41) is 3.30. The predicted molar refractivity (Wildman–Crippen MR) is 141 cm³/mol. The number of nitrogens with one attached hydrogen (secondary N) is 1. The summed E-state index contributed by atoms with van der Waals surface area (Å²) in [6.07, 6.45) is 0.500. The van der Waals surface area contributed by atoms with Crippen LogP contribution in [0.3, 0.4) is 0 Å². The Kier molecular flexibility index (Phi) is 6.73. The molecule has 0 aliphatic carbocycles. The minimum absolute atomic E-state index is 0.0652. The Balaban J connectivity index is 1.33. The van der Waals surface area contributed by atoms with Crippen molar-refractivity contribution in [3.05, 3.63) is 83.9 Å². The molecular formula is C27H24N4O4S. The molecule has 182 valence electrons. The summed E-state index contributed by atoms with van der Waals surface area (Å²) in [6, 6.07) is 22.0. The fourth-order valence-corrected chi connectivity index (χ4v) is 4.91. The maximum atomic E-state index is 13.4. The molecule has 1 N–H and O–H groups in total. The van der Waals surface area contributed by atoms with Crippen LogP contribution in [0.25, 0.3) is 0 Å². The highest BCUT2D eigenvalue weighted by Gasteiger charge is 2.41. The van der Waals surface area contributed by atoms with E-state index in [4.69, 9.17) is 19.5 Å². The van der Waals surface area contributed by atoms with E-state index in [2.05, 4.69) is 5.32 Å². The number of amidine groups is 2. The smallest absolute Gasteiger partial charge is 0.259 e. The van der Waals surface area contributed by atoms with Crippen molar-refractivity contribution >= 4 is 46.0 Å². The molecule has 2 heterocycles. The molecule has 0 saturated heterocycles. The van der Waals surface area contributed by atoms with Gasteiger partial charge in [-0.05, 0) is 29.8 Å². The summed E-state index contributed by atoms with van der Waals surface area (Å²) in [4.78, 5) is 37.2. The van der Waals surface area contributed by atoms with E-state index >= 15 is 0 Å². The van der Waals surface area contributed by atoms with Gasteiger partial charge in [0.25, 0.3) is 5.91 Å². The van der Waals surface area contributed by atoms with Crippen molar-refractivity contribution in [2.75, 3.05) is 25.3 Å². The highest BCUT2D eigenvalue weighted by molar-refractivity contribution is 8.14. The van der Waals surface area contributed by atoms with Crippen LogP contribution in [0.5, 0.6) is 11.5 Å². The van der Waals surface area contributed by atoms with Gasteiger partial charge in [-0.25, -0.2) is 9.89 Å². The zero-order chi connectivity index (χ0) is 25.1. The average molecular weight is 501 g/mol. The van der Waals surface area contributed by atoms with Crippen molar-refractivity contribution in [3.8, 4) is 11.5 Å². The molecule has 9 heteroatoms. The van der Waals surface area contributed by atoms with Crippen LogP contribution in [0.2, 0.25) is 0 Å². The molecule has 3 aromatic rings. The van der Waals surface area contributed by atoms with Crippen LogP contribution in [0, 0.1) is 0 Å². The second-order valence-corrected chi connectivity index (χ2v) is 9.09. The van der Waals surface area contributed by atoms with E-state index in [1.54, 1.807) is 30.2 Å². The summed E-state index contributed by atoms with van der Waals surface area (Å²) < 4.78 is 10.5. The van der Waals surface area contributed by atoms with Gasteiger partial charge in [-0.1, -0.05) is 54.2 Å². The fourth-order valence-electron chi connectivity index (χ4n) is 4.11. The van der Waals surface area contributed by atoms with Crippen molar-refractivity contribution in [1.29, 1.82) is 0 Å². The summed E-state index contributed by atoms with van der Waals surface area (Å²) in [6.45, 7) is 0. The van der Waals surface area contributed by atoms with Crippen LogP contribution in [-0.2, 0) is 16.0 Å². The number of anilines is 1.